The molecule has 1 saturated carbocycles. The van der Waals surface area contributed by atoms with E-state index >= 15 is 0 Å². The molecule has 3 nitrogen and oxygen atoms in total. The molecular formula is C61H59BN2O. The molecule has 2 atom stereocenters. The predicted octanol–water partition coefficient (Wildman–Crippen LogP) is 15.1. The van der Waals surface area contributed by atoms with Gasteiger partial charge in [-0.1, -0.05) is 166 Å². The highest BCUT2D eigenvalue weighted by Crippen LogP contribution is 2.66. The van der Waals surface area contributed by atoms with Crippen LogP contribution in [0.2, 0.25) is 0 Å². The van der Waals surface area contributed by atoms with E-state index in [9.17, 15) is 0 Å². The molecule has 0 radical (unpaired) electrons. The number of anilines is 4. The molecular weight excluding hydrogens is 787 g/mol. The van der Waals surface area contributed by atoms with Crippen molar-refractivity contribution in [2.24, 2.45) is 0 Å². The fourth-order valence-electron chi connectivity index (χ4n) is 13.7. The summed E-state index contributed by atoms with van der Waals surface area (Å²) in [6.07, 6.45) is 4.83. The molecule has 7 aromatic carbocycles. The van der Waals surface area contributed by atoms with E-state index in [1.54, 1.807) is 5.56 Å². The summed E-state index contributed by atoms with van der Waals surface area (Å²) < 4.78 is 6.83. The zero-order valence-electron chi connectivity index (χ0n) is 39.8. The van der Waals surface area contributed by atoms with E-state index in [0.29, 0.717) is 0 Å². The van der Waals surface area contributed by atoms with E-state index in [0.717, 1.165) is 17.6 Å². The highest BCUT2D eigenvalue weighted by atomic mass is 16.3. The van der Waals surface area contributed by atoms with Gasteiger partial charge in [0.25, 0.3) is 0 Å². The molecule has 2 unspecified atom stereocenters. The van der Waals surface area contributed by atoms with E-state index in [-0.39, 0.29) is 34.0 Å². The first-order valence-corrected chi connectivity index (χ1v) is 24.3. The maximum Gasteiger partial charge on any atom is 0.333 e. The summed E-state index contributed by atoms with van der Waals surface area (Å²) in [5.74, 6) is 0. The minimum atomic E-state index is -0.225. The zero-order valence-corrected chi connectivity index (χ0v) is 39.8. The van der Waals surface area contributed by atoms with Crippen LogP contribution in [0.4, 0.5) is 22.7 Å². The van der Waals surface area contributed by atoms with E-state index in [2.05, 4.69) is 206 Å². The van der Waals surface area contributed by atoms with Gasteiger partial charge in [0.05, 0.1) is 5.54 Å². The van der Waals surface area contributed by atoms with Crippen LogP contribution < -0.4 is 20.6 Å². The van der Waals surface area contributed by atoms with Gasteiger partial charge in [0.1, 0.15) is 11.2 Å². The molecule has 0 saturated heterocycles. The summed E-state index contributed by atoms with van der Waals surface area (Å²) in [5, 5.41) is 2.37. The lowest BCUT2D eigenvalue weighted by Crippen LogP contribution is -2.65. The number of para-hydroxylation sites is 1. The number of hydrogen-bond acceptors (Lipinski definition) is 3. The first kappa shape index (κ1) is 39.4. The van der Waals surface area contributed by atoms with Gasteiger partial charge >= 0.3 is 6.85 Å². The highest BCUT2D eigenvalue weighted by Gasteiger charge is 2.63. The van der Waals surface area contributed by atoms with Crippen LogP contribution >= 0.6 is 0 Å². The third-order valence-corrected chi connectivity index (χ3v) is 17.3. The molecule has 5 aliphatic rings. The van der Waals surface area contributed by atoms with Crippen LogP contribution in [-0.4, -0.2) is 12.4 Å². The molecule has 3 aliphatic heterocycles. The van der Waals surface area contributed by atoms with Crippen LogP contribution in [0, 0.1) is 0 Å². The average Bonchev–Trinajstić information content (AvgIpc) is 3.85. The Bertz CT molecular complexity index is 3380. The number of hydrogen-bond donors (Lipinski definition) is 0. The lowest BCUT2D eigenvalue weighted by Gasteiger charge is -2.54. The van der Waals surface area contributed by atoms with Gasteiger partial charge in [-0.25, -0.2) is 0 Å². The average molecular weight is 847 g/mol. The van der Waals surface area contributed by atoms with Gasteiger partial charge in [-0.2, -0.15) is 0 Å². The Hall–Kier alpha value is -6.00. The number of benzene rings is 7. The van der Waals surface area contributed by atoms with Crippen molar-refractivity contribution in [3.8, 4) is 33.4 Å². The molecule has 0 bridgehead atoms. The summed E-state index contributed by atoms with van der Waals surface area (Å²) in [6.45, 7) is 24.5. The Balaban J connectivity index is 1.27. The normalized spacial score (nSPS) is 21.0. The molecule has 13 rings (SSSR count). The lowest BCUT2D eigenvalue weighted by molar-refractivity contribution is 0.194. The third kappa shape index (κ3) is 4.94. The van der Waals surface area contributed by atoms with Crippen molar-refractivity contribution in [3.05, 3.63) is 155 Å². The number of rotatable bonds is 2. The van der Waals surface area contributed by atoms with Crippen LogP contribution in [0.3, 0.4) is 0 Å². The summed E-state index contributed by atoms with van der Waals surface area (Å²) in [4.78, 5) is 5.77. The van der Waals surface area contributed by atoms with Crippen molar-refractivity contribution in [1.82, 2.24) is 0 Å². The van der Waals surface area contributed by atoms with Crippen molar-refractivity contribution in [1.29, 1.82) is 0 Å². The molecule has 2 aliphatic carbocycles. The topological polar surface area (TPSA) is 19.6 Å². The summed E-state index contributed by atoms with van der Waals surface area (Å²) >= 11 is 0. The molecule has 65 heavy (non-hydrogen) atoms. The Labute approximate surface area is 385 Å². The zero-order chi connectivity index (χ0) is 44.7. The van der Waals surface area contributed by atoms with Crippen LogP contribution in [0.25, 0.3) is 55.3 Å². The molecule has 322 valence electrons. The Morgan fingerprint density at radius 2 is 1.28 bits per heavy atom. The second-order valence-corrected chi connectivity index (χ2v) is 23.2. The maximum absolute atomic E-state index is 6.83. The first-order valence-electron chi connectivity index (χ1n) is 24.3. The Kier molecular flexibility index (Phi) is 7.67. The second-order valence-electron chi connectivity index (χ2n) is 23.2. The van der Waals surface area contributed by atoms with Gasteiger partial charge < -0.3 is 14.1 Å². The molecule has 0 amide bonds. The van der Waals surface area contributed by atoms with E-state index in [1.807, 2.05) is 0 Å². The lowest BCUT2D eigenvalue weighted by atomic mass is 9.42. The predicted molar refractivity (Wildman–Crippen MR) is 276 cm³/mol. The molecule has 1 aromatic heterocycles. The Morgan fingerprint density at radius 1 is 0.569 bits per heavy atom. The number of nitrogens with zero attached hydrogens (tertiary/aromatic N) is 2. The summed E-state index contributed by atoms with van der Waals surface area (Å²) in [7, 11) is 0. The van der Waals surface area contributed by atoms with Gasteiger partial charge in [-0.15, -0.1) is 0 Å². The van der Waals surface area contributed by atoms with E-state index in [4.69, 9.17) is 4.42 Å². The minimum Gasteiger partial charge on any atom is -0.456 e. The van der Waals surface area contributed by atoms with Crippen molar-refractivity contribution < 1.29 is 4.42 Å². The minimum absolute atomic E-state index is 0.0287. The Morgan fingerprint density at radius 3 is 2.06 bits per heavy atom. The van der Waals surface area contributed by atoms with Gasteiger partial charge in [-0.3, -0.25) is 0 Å². The SMILES string of the molecule is CC(C)(C)c1ccc(N2B3c4cc(C(C)(C)C)cc5c4N(c4c3c(cc3c4C(C)(C)c4ccccc4-3)-c3c2ccc2oc4ccccc4c32)C2(C)CCCCC52C)c(-c2ccccc2)c1. The van der Waals surface area contributed by atoms with E-state index in [1.165, 1.54) is 119 Å². The largest absolute Gasteiger partial charge is 0.456 e. The van der Waals surface area contributed by atoms with Crippen molar-refractivity contribution >= 4 is 62.5 Å². The second kappa shape index (κ2) is 12.7. The molecule has 4 heteroatoms. The van der Waals surface area contributed by atoms with Gasteiger partial charge in [-0.05, 0) is 128 Å². The standard InChI is InChI=1S/C61H59BN2O/c1-57(2,3)37-26-27-47(41(32-37)36-20-12-11-13-21-36)64-48-28-29-50-52(40-23-15-17-25-49(40)65-50)51(48)43-35-42-39-22-14-16-24-44(39)59(7,8)53(42)56-54(43)62(64)46-34-38(58(4,5)6)33-45-55(46)63(56)61(10)31-19-18-30-60(45,61)9/h11-17,20-29,32-35H,18-19,30-31H2,1-10H3. The molecule has 0 N–H and O–H groups in total. The highest BCUT2D eigenvalue weighted by molar-refractivity contribution is 6.94. The molecule has 0 spiro atoms. The van der Waals surface area contributed by atoms with Crippen LogP contribution in [0.5, 0.6) is 0 Å². The van der Waals surface area contributed by atoms with Crippen LogP contribution in [0.15, 0.2) is 132 Å². The smallest absolute Gasteiger partial charge is 0.333 e. The maximum atomic E-state index is 6.83. The summed E-state index contributed by atoms with van der Waals surface area (Å²) in [6, 6.07) is 49.1. The van der Waals surface area contributed by atoms with Crippen molar-refractivity contribution in [2.75, 3.05) is 9.71 Å². The van der Waals surface area contributed by atoms with Gasteiger partial charge in [0.15, 0.2) is 0 Å². The third-order valence-electron chi connectivity index (χ3n) is 17.3. The van der Waals surface area contributed by atoms with Gasteiger partial charge in [0, 0.05) is 55.5 Å². The van der Waals surface area contributed by atoms with Crippen molar-refractivity contribution in [2.45, 2.75) is 122 Å². The van der Waals surface area contributed by atoms with Crippen molar-refractivity contribution in [3.63, 3.8) is 0 Å². The van der Waals surface area contributed by atoms with Crippen LogP contribution in [-0.2, 0) is 21.7 Å². The van der Waals surface area contributed by atoms with Gasteiger partial charge in [0.2, 0.25) is 0 Å². The number of furan rings is 1. The summed E-state index contributed by atoms with van der Waals surface area (Å²) in [5.41, 5.74) is 24.7. The monoisotopic (exact) mass is 846 g/mol. The van der Waals surface area contributed by atoms with E-state index < -0.39 is 0 Å². The molecule has 4 heterocycles. The number of fused-ring (bicyclic) bond motifs is 15. The molecule has 8 aromatic rings. The molecule has 1 fully saturated rings. The quantitative estimate of drug-likeness (QED) is 0.162. The fraction of sp³-hybridized carbons (Fsp3) is 0.311. The van der Waals surface area contributed by atoms with Crippen LogP contribution in [0.1, 0.15) is 123 Å². The first-order chi connectivity index (χ1) is 31.0. The fourth-order valence-corrected chi connectivity index (χ4v) is 13.7.